The van der Waals surface area contributed by atoms with Gasteiger partial charge in [0, 0.05) is 23.7 Å². The average Bonchev–Trinajstić information content (AvgIpc) is 2.91. The van der Waals surface area contributed by atoms with Gasteiger partial charge in [0.15, 0.2) is 0 Å². The molecule has 0 aromatic heterocycles. The number of likely N-dealkylation sites (N-methyl/N-ethyl adjacent to an activating group) is 1. The zero-order valence-electron chi connectivity index (χ0n) is 13.1. The van der Waals surface area contributed by atoms with Crippen LogP contribution in [0.15, 0.2) is 29.2 Å². The number of benzene rings is 1. The molecule has 1 N–H and O–H groups in total. The third-order valence-electron chi connectivity index (χ3n) is 4.60. The first-order chi connectivity index (χ1) is 10.6. The molecule has 2 unspecified atom stereocenters. The summed E-state index contributed by atoms with van der Waals surface area (Å²) in [7, 11) is 1.98. The van der Waals surface area contributed by atoms with Crippen molar-refractivity contribution in [3.05, 3.63) is 24.3 Å². The fraction of sp³-hybridized carbons (Fsp3) is 0.588. The molecule has 1 amide bonds. The molecule has 2 aliphatic rings. The summed E-state index contributed by atoms with van der Waals surface area (Å²) in [5.74, 6) is 1.43. The quantitative estimate of drug-likeness (QED) is 0.924. The highest BCUT2D eigenvalue weighted by Gasteiger charge is 2.28. The molecule has 1 aromatic carbocycles. The predicted molar refractivity (Wildman–Crippen MR) is 90.4 cm³/mol. The summed E-state index contributed by atoms with van der Waals surface area (Å²) in [6.45, 7) is 2.00. The van der Waals surface area contributed by atoms with Crippen molar-refractivity contribution < 1.29 is 9.90 Å². The van der Waals surface area contributed by atoms with Gasteiger partial charge in [0.05, 0.1) is 18.3 Å². The smallest absolute Gasteiger partial charge is 0.241 e. The number of nitrogens with zero attached hydrogens (tertiary/aromatic N) is 2. The first-order valence-corrected chi connectivity index (χ1v) is 9.02. The van der Waals surface area contributed by atoms with E-state index >= 15 is 0 Å². The van der Waals surface area contributed by atoms with E-state index < -0.39 is 0 Å². The highest BCUT2D eigenvalue weighted by Crippen LogP contribution is 2.34. The van der Waals surface area contributed by atoms with Gasteiger partial charge in [0.2, 0.25) is 5.91 Å². The molecule has 5 heteroatoms. The third-order valence-corrected chi connectivity index (χ3v) is 5.64. The van der Waals surface area contributed by atoms with Gasteiger partial charge in [-0.3, -0.25) is 9.69 Å². The van der Waals surface area contributed by atoms with Gasteiger partial charge in [-0.25, -0.2) is 0 Å². The Labute approximate surface area is 136 Å². The second-order valence-corrected chi connectivity index (χ2v) is 7.45. The molecule has 120 valence electrons. The Morgan fingerprint density at radius 1 is 1.41 bits per heavy atom. The van der Waals surface area contributed by atoms with E-state index in [-0.39, 0.29) is 12.0 Å². The average molecular weight is 320 g/mol. The Hall–Kier alpha value is -1.04. The van der Waals surface area contributed by atoms with Crippen molar-refractivity contribution in [1.29, 1.82) is 0 Å². The van der Waals surface area contributed by atoms with Crippen LogP contribution in [0.5, 0.6) is 0 Å². The Bertz CT molecular complexity index is 537. The number of thioether (sulfide) groups is 1. The fourth-order valence-corrected chi connectivity index (χ4v) is 4.43. The second kappa shape index (κ2) is 7.02. The number of hydrogen-bond donors (Lipinski definition) is 1. The molecule has 4 nitrogen and oxygen atoms in total. The zero-order valence-corrected chi connectivity index (χ0v) is 13.9. The summed E-state index contributed by atoms with van der Waals surface area (Å²) in [5.41, 5.74) is 1.04. The molecule has 3 rings (SSSR count). The number of para-hydroxylation sites is 1. The molecule has 2 atom stereocenters. The van der Waals surface area contributed by atoms with Gasteiger partial charge in [0.25, 0.3) is 0 Å². The van der Waals surface area contributed by atoms with Crippen molar-refractivity contribution in [3.63, 3.8) is 0 Å². The van der Waals surface area contributed by atoms with Crippen LogP contribution >= 0.6 is 11.8 Å². The van der Waals surface area contributed by atoms with Gasteiger partial charge in [0.1, 0.15) is 0 Å². The van der Waals surface area contributed by atoms with Crippen LogP contribution in [-0.2, 0) is 4.79 Å². The highest BCUT2D eigenvalue weighted by atomic mass is 32.2. The van der Waals surface area contributed by atoms with E-state index in [2.05, 4.69) is 11.0 Å². The lowest BCUT2D eigenvalue weighted by atomic mass is 10.1. The van der Waals surface area contributed by atoms with Crippen molar-refractivity contribution in [1.82, 2.24) is 4.90 Å². The number of anilines is 1. The second-order valence-electron chi connectivity index (χ2n) is 6.32. The summed E-state index contributed by atoms with van der Waals surface area (Å²) >= 11 is 1.81. The van der Waals surface area contributed by atoms with Crippen LogP contribution in [-0.4, -0.2) is 54.5 Å². The number of fused-ring (bicyclic) bond motifs is 1. The van der Waals surface area contributed by atoms with E-state index in [1.54, 1.807) is 0 Å². The molecule has 0 spiro atoms. The molecular formula is C17H24N2O2S. The predicted octanol–water partition coefficient (Wildman–Crippen LogP) is 2.22. The molecule has 1 heterocycles. The number of hydrogen-bond acceptors (Lipinski definition) is 4. The van der Waals surface area contributed by atoms with E-state index in [0.717, 1.165) is 43.8 Å². The Morgan fingerprint density at radius 2 is 2.23 bits per heavy atom. The van der Waals surface area contributed by atoms with Gasteiger partial charge in [-0.05, 0) is 37.9 Å². The normalized spacial score (nSPS) is 24.6. The third kappa shape index (κ3) is 3.47. The summed E-state index contributed by atoms with van der Waals surface area (Å²) in [6, 6.07) is 8.12. The van der Waals surface area contributed by atoms with Crippen LogP contribution in [0.25, 0.3) is 0 Å². The number of carbonyl (C=O) groups is 1. The molecule has 0 saturated heterocycles. The fourth-order valence-electron chi connectivity index (χ4n) is 3.44. The van der Waals surface area contributed by atoms with Crippen LogP contribution in [0.3, 0.4) is 0 Å². The molecule has 1 fully saturated rings. The van der Waals surface area contributed by atoms with E-state index in [1.807, 2.05) is 41.9 Å². The topological polar surface area (TPSA) is 43.8 Å². The van der Waals surface area contributed by atoms with Crippen molar-refractivity contribution in [2.24, 2.45) is 5.92 Å². The molecule has 1 aliphatic heterocycles. The minimum Gasteiger partial charge on any atom is -0.393 e. The molecule has 1 aliphatic carbocycles. The lowest BCUT2D eigenvalue weighted by Crippen LogP contribution is -2.43. The van der Waals surface area contributed by atoms with Gasteiger partial charge in [-0.1, -0.05) is 18.6 Å². The van der Waals surface area contributed by atoms with Crippen LogP contribution in [0.1, 0.15) is 19.3 Å². The molecule has 1 saturated carbocycles. The summed E-state index contributed by atoms with van der Waals surface area (Å²) in [4.78, 5) is 17.8. The highest BCUT2D eigenvalue weighted by molar-refractivity contribution is 7.99. The van der Waals surface area contributed by atoms with E-state index in [9.17, 15) is 9.90 Å². The number of amides is 1. The summed E-state index contributed by atoms with van der Waals surface area (Å²) < 4.78 is 0. The van der Waals surface area contributed by atoms with Crippen LogP contribution in [0.2, 0.25) is 0 Å². The zero-order chi connectivity index (χ0) is 15.5. The molecule has 0 radical (unpaired) electrons. The Kier molecular flexibility index (Phi) is 5.06. The summed E-state index contributed by atoms with van der Waals surface area (Å²) in [6.07, 6.45) is 2.89. The number of carbonyl (C=O) groups excluding carboxylic acids is 1. The van der Waals surface area contributed by atoms with E-state index in [0.29, 0.717) is 12.5 Å². The van der Waals surface area contributed by atoms with Crippen LogP contribution in [0.4, 0.5) is 5.69 Å². The molecular weight excluding hydrogens is 296 g/mol. The van der Waals surface area contributed by atoms with Gasteiger partial charge in [-0.2, -0.15) is 0 Å². The molecule has 0 bridgehead atoms. The Balaban J connectivity index is 1.60. The maximum absolute atomic E-state index is 12.6. The van der Waals surface area contributed by atoms with Crippen molar-refractivity contribution in [2.75, 3.05) is 37.3 Å². The standard InChI is InChI=1S/C17H24N2O2S/c1-18(11-13-5-4-7-15(13)20)12-17(21)19-9-10-22-16-8-3-2-6-14(16)19/h2-3,6,8,13,15,20H,4-5,7,9-12H2,1H3. The van der Waals surface area contributed by atoms with Crippen molar-refractivity contribution in [2.45, 2.75) is 30.3 Å². The van der Waals surface area contributed by atoms with E-state index in [1.165, 1.54) is 4.90 Å². The number of rotatable bonds is 4. The maximum atomic E-state index is 12.6. The minimum absolute atomic E-state index is 0.155. The first-order valence-electron chi connectivity index (χ1n) is 8.04. The van der Waals surface area contributed by atoms with Gasteiger partial charge < -0.3 is 10.0 Å². The SMILES string of the molecule is CN(CC(=O)N1CCSc2ccccc21)CC1CCCC1O. The lowest BCUT2D eigenvalue weighted by Gasteiger charge is -2.31. The number of aliphatic hydroxyl groups excluding tert-OH is 1. The first kappa shape index (κ1) is 15.8. The van der Waals surface area contributed by atoms with Gasteiger partial charge >= 0.3 is 0 Å². The molecule has 22 heavy (non-hydrogen) atoms. The molecule has 1 aromatic rings. The van der Waals surface area contributed by atoms with Crippen LogP contribution in [0, 0.1) is 5.92 Å². The van der Waals surface area contributed by atoms with Crippen molar-refractivity contribution >= 4 is 23.4 Å². The maximum Gasteiger partial charge on any atom is 0.241 e. The number of aliphatic hydroxyl groups is 1. The minimum atomic E-state index is -0.190. The van der Waals surface area contributed by atoms with E-state index in [4.69, 9.17) is 0 Å². The van der Waals surface area contributed by atoms with Crippen molar-refractivity contribution in [3.8, 4) is 0 Å². The lowest BCUT2D eigenvalue weighted by molar-refractivity contribution is -0.119. The summed E-state index contributed by atoms with van der Waals surface area (Å²) in [5, 5.41) is 9.93. The largest absolute Gasteiger partial charge is 0.393 e. The monoisotopic (exact) mass is 320 g/mol. The Morgan fingerprint density at radius 3 is 3.00 bits per heavy atom. The van der Waals surface area contributed by atoms with Gasteiger partial charge in [-0.15, -0.1) is 11.8 Å². The van der Waals surface area contributed by atoms with Crippen LogP contribution < -0.4 is 4.90 Å².